The van der Waals surface area contributed by atoms with E-state index in [1.165, 1.54) is 0 Å². The molecular weight excluding hydrogens is 306 g/mol. The SMILES string of the molecule is CC1(C)C(=O)Nc2ccc(C(=O)NC3(C(N)=O)CCCCC3)cc21. The second-order valence-corrected chi connectivity index (χ2v) is 7.30. The zero-order valence-electron chi connectivity index (χ0n) is 14.1. The number of hydrogen-bond acceptors (Lipinski definition) is 3. The summed E-state index contributed by atoms with van der Waals surface area (Å²) in [5.41, 5.74) is 5.88. The molecule has 0 spiro atoms. The van der Waals surface area contributed by atoms with Crippen LogP contribution in [-0.4, -0.2) is 23.3 Å². The molecule has 6 nitrogen and oxygen atoms in total. The molecule has 1 saturated carbocycles. The summed E-state index contributed by atoms with van der Waals surface area (Å²) in [6, 6.07) is 5.11. The summed E-state index contributed by atoms with van der Waals surface area (Å²) in [7, 11) is 0. The van der Waals surface area contributed by atoms with Gasteiger partial charge in [-0.1, -0.05) is 19.3 Å². The summed E-state index contributed by atoms with van der Waals surface area (Å²) >= 11 is 0. The summed E-state index contributed by atoms with van der Waals surface area (Å²) in [6.07, 6.45) is 3.94. The van der Waals surface area contributed by atoms with Crippen LogP contribution in [0.15, 0.2) is 18.2 Å². The van der Waals surface area contributed by atoms with Gasteiger partial charge in [-0.3, -0.25) is 14.4 Å². The highest BCUT2D eigenvalue weighted by molar-refractivity contribution is 6.07. The smallest absolute Gasteiger partial charge is 0.252 e. The molecule has 24 heavy (non-hydrogen) atoms. The fourth-order valence-electron chi connectivity index (χ4n) is 3.59. The van der Waals surface area contributed by atoms with Gasteiger partial charge in [0.2, 0.25) is 11.8 Å². The molecule has 0 saturated heterocycles. The molecule has 0 unspecified atom stereocenters. The van der Waals surface area contributed by atoms with Gasteiger partial charge in [0.1, 0.15) is 5.54 Å². The van der Waals surface area contributed by atoms with Crippen LogP contribution in [0.3, 0.4) is 0 Å². The first-order valence-electron chi connectivity index (χ1n) is 8.35. The summed E-state index contributed by atoms with van der Waals surface area (Å²) < 4.78 is 0. The van der Waals surface area contributed by atoms with Gasteiger partial charge in [-0.25, -0.2) is 0 Å². The maximum atomic E-state index is 12.7. The van der Waals surface area contributed by atoms with E-state index in [0.717, 1.165) is 30.5 Å². The van der Waals surface area contributed by atoms with E-state index >= 15 is 0 Å². The molecule has 4 N–H and O–H groups in total. The third-order valence-corrected chi connectivity index (χ3v) is 5.30. The quantitative estimate of drug-likeness (QED) is 0.788. The molecule has 2 aliphatic rings. The number of carbonyl (C=O) groups is 3. The zero-order chi connectivity index (χ0) is 17.5. The van der Waals surface area contributed by atoms with Gasteiger partial charge in [-0.15, -0.1) is 0 Å². The van der Waals surface area contributed by atoms with E-state index in [1.807, 2.05) is 13.8 Å². The molecule has 6 heteroatoms. The molecule has 0 radical (unpaired) electrons. The first kappa shape index (κ1) is 16.5. The number of anilines is 1. The molecular formula is C18H23N3O3. The van der Waals surface area contributed by atoms with Gasteiger partial charge in [0.15, 0.2) is 0 Å². The number of primary amides is 1. The second kappa shape index (κ2) is 5.61. The van der Waals surface area contributed by atoms with E-state index in [2.05, 4.69) is 10.6 Å². The minimum Gasteiger partial charge on any atom is -0.368 e. The monoisotopic (exact) mass is 329 g/mol. The second-order valence-electron chi connectivity index (χ2n) is 7.30. The molecule has 0 bridgehead atoms. The largest absolute Gasteiger partial charge is 0.368 e. The molecule has 0 atom stereocenters. The molecule has 1 aromatic rings. The van der Waals surface area contributed by atoms with Crippen LogP contribution in [0.25, 0.3) is 0 Å². The van der Waals surface area contributed by atoms with Crippen LogP contribution in [-0.2, 0) is 15.0 Å². The summed E-state index contributed by atoms with van der Waals surface area (Å²) in [4.78, 5) is 36.6. The number of nitrogens with two attached hydrogens (primary N) is 1. The molecule has 3 rings (SSSR count). The van der Waals surface area contributed by atoms with Crippen molar-refractivity contribution in [2.75, 3.05) is 5.32 Å². The Bertz CT molecular complexity index is 718. The lowest BCUT2D eigenvalue weighted by molar-refractivity contribution is -0.125. The Balaban J connectivity index is 1.88. The number of rotatable bonds is 3. The van der Waals surface area contributed by atoms with Crippen molar-refractivity contribution in [1.29, 1.82) is 0 Å². The number of fused-ring (bicyclic) bond motifs is 1. The van der Waals surface area contributed by atoms with Crippen LogP contribution >= 0.6 is 0 Å². The third-order valence-electron chi connectivity index (χ3n) is 5.30. The summed E-state index contributed by atoms with van der Waals surface area (Å²) in [6.45, 7) is 3.64. The predicted molar refractivity (Wildman–Crippen MR) is 90.6 cm³/mol. The number of benzene rings is 1. The van der Waals surface area contributed by atoms with E-state index in [9.17, 15) is 14.4 Å². The van der Waals surface area contributed by atoms with Crippen LogP contribution in [0.5, 0.6) is 0 Å². The Morgan fingerprint density at radius 3 is 2.46 bits per heavy atom. The maximum absolute atomic E-state index is 12.7. The molecule has 3 amide bonds. The van der Waals surface area contributed by atoms with Crippen molar-refractivity contribution in [3.8, 4) is 0 Å². The molecule has 1 aromatic carbocycles. The fraction of sp³-hybridized carbons (Fsp3) is 0.500. The molecule has 0 aromatic heterocycles. The maximum Gasteiger partial charge on any atom is 0.252 e. The normalized spacial score (nSPS) is 20.8. The van der Waals surface area contributed by atoms with Crippen LogP contribution in [0.2, 0.25) is 0 Å². The van der Waals surface area contributed by atoms with Gasteiger partial charge >= 0.3 is 0 Å². The van der Waals surface area contributed by atoms with Gasteiger partial charge in [0.05, 0.1) is 5.41 Å². The van der Waals surface area contributed by atoms with Gasteiger partial charge in [0.25, 0.3) is 5.91 Å². The molecule has 128 valence electrons. The summed E-state index contributed by atoms with van der Waals surface area (Å²) in [5.74, 6) is -0.890. The summed E-state index contributed by atoms with van der Waals surface area (Å²) in [5, 5.41) is 5.68. The van der Waals surface area contributed by atoms with Gasteiger partial charge in [0, 0.05) is 11.3 Å². The van der Waals surface area contributed by atoms with E-state index in [-0.39, 0.29) is 11.8 Å². The molecule has 1 aliphatic carbocycles. The predicted octanol–water partition coefficient (Wildman–Crippen LogP) is 1.83. The van der Waals surface area contributed by atoms with Crippen molar-refractivity contribution in [2.24, 2.45) is 5.73 Å². The molecule has 1 heterocycles. The van der Waals surface area contributed by atoms with Crippen LogP contribution in [0, 0.1) is 0 Å². The first-order valence-corrected chi connectivity index (χ1v) is 8.35. The van der Waals surface area contributed by atoms with Crippen molar-refractivity contribution in [1.82, 2.24) is 5.32 Å². The van der Waals surface area contributed by atoms with Crippen LogP contribution in [0.4, 0.5) is 5.69 Å². The zero-order valence-corrected chi connectivity index (χ0v) is 14.1. The lowest BCUT2D eigenvalue weighted by Crippen LogP contribution is -2.58. The number of amides is 3. The highest BCUT2D eigenvalue weighted by atomic mass is 16.2. The molecule has 1 fully saturated rings. The Kier molecular flexibility index (Phi) is 3.86. The fourth-order valence-corrected chi connectivity index (χ4v) is 3.59. The molecule has 1 aliphatic heterocycles. The number of nitrogens with one attached hydrogen (secondary N) is 2. The van der Waals surface area contributed by atoms with Crippen molar-refractivity contribution in [3.63, 3.8) is 0 Å². The standard InChI is InChI=1S/C18H23N3O3/c1-17(2)12-10-11(6-7-13(12)20-16(17)24)14(22)21-18(15(19)23)8-4-3-5-9-18/h6-7,10H,3-5,8-9H2,1-2H3,(H2,19,23)(H,20,24)(H,21,22). The van der Waals surface area contributed by atoms with Crippen molar-refractivity contribution in [2.45, 2.75) is 56.9 Å². The van der Waals surface area contributed by atoms with Crippen molar-refractivity contribution < 1.29 is 14.4 Å². The lowest BCUT2D eigenvalue weighted by atomic mass is 9.80. The van der Waals surface area contributed by atoms with E-state index < -0.39 is 16.9 Å². The van der Waals surface area contributed by atoms with E-state index in [1.54, 1.807) is 18.2 Å². The Morgan fingerprint density at radius 2 is 1.83 bits per heavy atom. The van der Waals surface area contributed by atoms with Crippen LogP contribution in [0.1, 0.15) is 61.9 Å². The third kappa shape index (κ3) is 2.56. The number of hydrogen-bond donors (Lipinski definition) is 3. The minimum absolute atomic E-state index is 0.0871. The lowest BCUT2D eigenvalue weighted by Gasteiger charge is -2.35. The topological polar surface area (TPSA) is 101 Å². The average molecular weight is 329 g/mol. The van der Waals surface area contributed by atoms with Gasteiger partial charge < -0.3 is 16.4 Å². The Morgan fingerprint density at radius 1 is 1.17 bits per heavy atom. The van der Waals surface area contributed by atoms with E-state index in [0.29, 0.717) is 18.4 Å². The van der Waals surface area contributed by atoms with Gasteiger partial charge in [-0.2, -0.15) is 0 Å². The average Bonchev–Trinajstić information content (AvgIpc) is 2.77. The first-order chi connectivity index (χ1) is 11.3. The Labute approximate surface area is 141 Å². The minimum atomic E-state index is -0.960. The van der Waals surface area contributed by atoms with Gasteiger partial charge in [-0.05, 0) is 50.5 Å². The number of carbonyl (C=O) groups excluding carboxylic acids is 3. The van der Waals surface area contributed by atoms with E-state index in [4.69, 9.17) is 5.73 Å². The van der Waals surface area contributed by atoms with Crippen molar-refractivity contribution in [3.05, 3.63) is 29.3 Å². The van der Waals surface area contributed by atoms with Crippen LogP contribution < -0.4 is 16.4 Å². The highest BCUT2D eigenvalue weighted by Gasteiger charge is 2.41. The Hall–Kier alpha value is -2.37. The highest BCUT2D eigenvalue weighted by Crippen LogP contribution is 2.38. The van der Waals surface area contributed by atoms with Crippen molar-refractivity contribution >= 4 is 23.4 Å².